The van der Waals surface area contributed by atoms with Crippen molar-refractivity contribution in [2.75, 3.05) is 5.32 Å². The number of nitrogens with zero attached hydrogens (tertiary/aromatic N) is 2. The fraction of sp³-hybridized carbons (Fsp3) is 0.174. The monoisotopic (exact) mass is 465 g/mol. The summed E-state index contributed by atoms with van der Waals surface area (Å²) in [5, 5.41) is 23.6. The summed E-state index contributed by atoms with van der Waals surface area (Å²) in [7, 11) is 0. The molecule has 8 heteroatoms. The first kappa shape index (κ1) is 21.3. The van der Waals surface area contributed by atoms with Crippen molar-refractivity contribution in [3.8, 4) is 12.1 Å². The molecule has 1 amide bonds. The van der Waals surface area contributed by atoms with Gasteiger partial charge in [-0.3, -0.25) is 4.79 Å². The zero-order valence-electron chi connectivity index (χ0n) is 16.3. The highest BCUT2D eigenvalue weighted by Gasteiger charge is 2.22. The molecule has 0 spiro atoms. The Bertz CT molecular complexity index is 1240. The normalized spacial score (nSPS) is 13.2. The molecule has 0 unspecified atom stereocenters. The van der Waals surface area contributed by atoms with Crippen LogP contribution in [0.25, 0.3) is 6.08 Å². The van der Waals surface area contributed by atoms with Gasteiger partial charge in [-0.25, -0.2) is 0 Å². The first-order valence-corrected chi connectivity index (χ1v) is 11.6. The SMILES string of the molecule is N#C/C(=C\c1ccc(Sc2ccc(Cl)cc2)o1)C(=O)Nc1sc2c(c1C#N)CCCC2. The fourth-order valence-corrected chi connectivity index (χ4v) is 5.46. The predicted molar refractivity (Wildman–Crippen MR) is 122 cm³/mol. The third kappa shape index (κ3) is 4.86. The zero-order valence-corrected chi connectivity index (χ0v) is 18.7. The lowest BCUT2D eigenvalue weighted by atomic mass is 9.96. The molecule has 1 N–H and O–H groups in total. The highest BCUT2D eigenvalue weighted by Crippen LogP contribution is 2.38. The van der Waals surface area contributed by atoms with Crippen LogP contribution in [0.15, 0.2) is 56.4 Å². The second kappa shape index (κ2) is 9.45. The van der Waals surface area contributed by atoms with E-state index in [0.717, 1.165) is 41.0 Å². The highest BCUT2D eigenvalue weighted by molar-refractivity contribution is 7.99. The molecule has 0 atom stereocenters. The maximum atomic E-state index is 12.7. The molecule has 0 radical (unpaired) electrons. The van der Waals surface area contributed by atoms with E-state index in [-0.39, 0.29) is 5.57 Å². The number of fused-ring (bicyclic) bond motifs is 1. The van der Waals surface area contributed by atoms with Gasteiger partial charge < -0.3 is 9.73 Å². The number of nitriles is 2. The number of nitrogens with one attached hydrogen (secondary N) is 1. The van der Waals surface area contributed by atoms with Crippen LogP contribution in [0.1, 0.15) is 34.6 Å². The molecule has 0 bridgehead atoms. The van der Waals surface area contributed by atoms with Crippen LogP contribution in [0.2, 0.25) is 5.02 Å². The molecule has 0 saturated heterocycles. The van der Waals surface area contributed by atoms with E-state index in [1.54, 1.807) is 24.3 Å². The number of halogens is 1. The van der Waals surface area contributed by atoms with Crippen molar-refractivity contribution in [2.24, 2.45) is 0 Å². The average molecular weight is 466 g/mol. The van der Waals surface area contributed by atoms with Crippen molar-refractivity contribution >= 4 is 51.7 Å². The molecule has 0 aliphatic heterocycles. The second-order valence-electron chi connectivity index (χ2n) is 6.86. The summed E-state index contributed by atoms with van der Waals surface area (Å²) < 4.78 is 5.73. The van der Waals surface area contributed by atoms with Crippen molar-refractivity contribution in [3.63, 3.8) is 0 Å². The van der Waals surface area contributed by atoms with E-state index in [4.69, 9.17) is 16.0 Å². The molecule has 4 rings (SSSR count). The minimum atomic E-state index is -0.555. The number of hydrogen-bond donors (Lipinski definition) is 1. The van der Waals surface area contributed by atoms with E-state index in [0.29, 0.717) is 26.4 Å². The molecular formula is C23H16ClN3O2S2. The maximum Gasteiger partial charge on any atom is 0.267 e. The Kier molecular flexibility index (Phi) is 6.48. The lowest BCUT2D eigenvalue weighted by Gasteiger charge is -2.09. The molecule has 1 aliphatic carbocycles. The second-order valence-corrected chi connectivity index (χ2v) is 9.48. The number of hydrogen-bond acceptors (Lipinski definition) is 6. The summed E-state index contributed by atoms with van der Waals surface area (Å²) >= 11 is 8.74. The highest BCUT2D eigenvalue weighted by atomic mass is 35.5. The lowest BCUT2D eigenvalue weighted by molar-refractivity contribution is -0.112. The molecule has 0 fully saturated rings. The number of rotatable bonds is 5. The maximum absolute atomic E-state index is 12.7. The van der Waals surface area contributed by atoms with Gasteiger partial charge in [-0.05, 0) is 67.6 Å². The number of carbonyl (C=O) groups is 1. The largest absolute Gasteiger partial charge is 0.450 e. The van der Waals surface area contributed by atoms with E-state index < -0.39 is 5.91 Å². The minimum Gasteiger partial charge on any atom is -0.450 e. The van der Waals surface area contributed by atoms with Crippen LogP contribution in [0.5, 0.6) is 0 Å². The van der Waals surface area contributed by atoms with E-state index in [1.165, 1.54) is 29.2 Å². The summed E-state index contributed by atoms with van der Waals surface area (Å²) in [4.78, 5) is 14.8. The van der Waals surface area contributed by atoms with Gasteiger partial charge >= 0.3 is 0 Å². The molecule has 2 heterocycles. The molecule has 3 aromatic rings. The topological polar surface area (TPSA) is 89.8 Å². The minimum absolute atomic E-state index is 0.0901. The van der Waals surface area contributed by atoms with Gasteiger partial charge in [0.15, 0.2) is 5.09 Å². The van der Waals surface area contributed by atoms with Gasteiger partial charge in [-0.2, -0.15) is 10.5 Å². The predicted octanol–water partition coefficient (Wildman–Crippen LogP) is 6.44. The Labute approximate surface area is 192 Å². The summed E-state index contributed by atoms with van der Waals surface area (Å²) in [5.41, 5.74) is 1.46. The van der Waals surface area contributed by atoms with Crippen LogP contribution >= 0.6 is 34.7 Å². The summed E-state index contributed by atoms with van der Waals surface area (Å²) in [6.45, 7) is 0. The number of anilines is 1. The number of benzene rings is 1. The van der Waals surface area contributed by atoms with Gasteiger partial charge in [0.25, 0.3) is 5.91 Å². The van der Waals surface area contributed by atoms with E-state index in [1.807, 2.05) is 18.2 Å². The van der Waals surface area contributed by atoms with Crippen LogP contribution in [0.3, 0.4) is 0 Å². The number of thiophene rings is 1. The lowest BCUT2D eigenvalue weighted by Crippen LogP contribution is -2.13. The number of amides is 1. The van der Waals surface area contributed by atoms with Crippen molar-refractivity contribution < 1.29 is 9.21 Å². The Hall–Kier alpha value is -2.97. The molecule has 5 nitrogen and oxygen atoms in total. The number of carbonyl (C=O) groups excluding carboxylic acids is 1. The number of aryl methyl sites for hydroxylation is 1. The van der Waals surface area contributed by atoms with Crippen molar-refractivity contribution in [1.82, 2.24) is 0 Å². The summed E-state index contributed by atoms with van der Waals surface area (Å²) in [6.07, 6.45) is 5.31. The first-order chi connectivity index (χ1) is 15.1. The van der Waals surface area contributed by atoms with Gasteiger partial charge in [0.1, 0.15) is 28.5 Å². The van der Waals surface area contributed by atoms with Gasteiger partial charge in [0.05, 0.1) is 5.56 Å². The Morgan fingerprint density at radius 3 is 2.68 bits per heavy atom. The van der Waals surface area contributed by atoms with Crippen molar-refractivity contribution in [1.29, 1.82) is 10.5 Å². The van der Waals surface area contributed by atoms with Crippen molar-refractivity contribution in [2.45, 2.75) is 35.7 Å². The van der Waals surface area contributed by atoms with Gasteiger partial charge in [0.2, 0.25) is 0 Å². The molecule has 0 saturated carbocycles. The summed E-state index contributed by atoms with van der Waals surface area (Å²) in [5.74, 6) is -0.157. The van der Waals surface area contributed by atoms with Gasteiger partial charge in [0, 0.05) is 20.9 Å². The van der Waals surface area contributed by atoms with Crippen LogP contribution in [0.4, 0.5) is 5.00 Å². The number of furan rings is 1. The third-order valence-corrected chi connectivity index (χ3v) is 7.18. The van der Waals surface area contributed by atoms with Crippen LogP contribution < -0.4 is 5.32 Å². The third-order valence-electron chi connectivity index (χ3n) is 4.80. The molecule has 1 aromatic carbocycles. The molecular weight excluding hydrogens is 450 g/mol. The molecule has 2 aromatic heterocycles. The smallest absolute Gasteiger partial charge is 0.267 e. The molecule has 31 heavy (non-hydrogen) atoms. The van der Waals surface area contributed by atoms with Gasteiger partial charge in [-0.1, -0.05) is 23.4 Å². The Morgan fingerprint density at radius 2 is 1.94 bits per heavy atom. The van der Waals surface area contributed by atoms with E-state index in [2.05, 4.69) is 11.4 Å². The molecule has 1 aliphatic rings. The Balaban J connectivity index is 1.50. The quantitative estimate of drug-likeness (QED) is 0.345. The molecule has 154 valence electrons. The first-order valence-electron chi connectivity index (χ1n) is 9.58. The zero-order chi connectivity index (χ0) is 21.8. The average Bonchev–Trinajstić information content (AvgIpc) is 3.36. The van der Waals surface area contributed by atoms with Gasteiger partial charge in [-0.15, -0.1) is 11.3 Å². The van der Waals surface area contributed by atoms with Crippen LogP contribution in [-0.4, -0.2) is 5.91 Å². The van der Waals surface area contributed by atoms with E-state index >= 15 is 0 Å². The van der Waals surface area contributed by atoms with Crippen molar-refractivity contribution in [3.05, 3.63) is 68.8 Å². The standard InChI is InChI=1S/C23H16ClN3O2S2/c24-15-5-8-17(9-6-15)30-21-10-7-16(29-21)11-14(12-25)22(28)27-23-19(13-26)18-3-1-2-4-20(18)31-23/h5-11H,1-4H2,(H,27,28)/b14-11+. The summed E-state index contributed by atoms with van der Waals surface area (Å²) in [6, 6.07) is 15.0. The fourth-order valence-electron chi connectivity index (χ4n) is 3.32. The van der Waals surface area contributed by atoms with Crippen LogP contribution in [0, 0.1) is 22.7 Å². The van der Waals surface area contributed by atoms with E-state index in [9.17, 15) is 15.3 Å². The van der Waals surface area contributed by atoms with Crippen LogP contribution in [-0.2, 0) is 17.6 Å². The Morgan fingerprint density at radius 1 is 1.16 bits per heavy atom.